The first-order valence-electron chi connectivity index (χ1n) is 6.20. The molecule has 0 aliphatic carbocycles. The lowest BCUT2D eigenvalue weighted by molar-refractivity contribution is 0.343. The van der Waals surface area contributed by atoms with Crippen LogP contribution >= 0.6 is 11.3 Å². The monoisotopic (exact) mass is 238 g/mol. The molecule has 90 valence electrons. The Morgan fingerprint density at radius 2 is 2.31 bits per heavy atom. The summed E-state index contributed by atoms with van der Waals surface area (Å²) in [5.74, 6) is 0. The van der Waals surface area contributed by atoms with Crippen molar-refractivity contribution >= 4 is 11.3 Å². The SMILES string of the molecule is Cc1ccsc1CNC1CCCN(C)CC1. The molecule has 3 heteroatoms. The quantitative estimate of drug-likeness (QED) is 0.871. The van der Waals surface area contributed by atoms with E-state index in [1.165, 1.54) is 42.8 Å². The Bertz CT molecular complexity index is 321. The second-order valence-electron chi connectivity index (χ2n) is 4.84. The van der Waals surface area contributed by atoms with Crippen molar-refractivity contribution in [2.45, 2.75) is 38.8 Å². The van der Waals surface area contributed by atoms with Gasteiger partial charge in [-0.05, 0) is 63.3 Å². The average molecular weight is 238 g/mol. The van der Waals surface area contributed by atoms with E-state index in [1.807, 2.05) is 11.3 Å². The van der Waals surface area contributed by atoms with Crippen LogP contribution in [0, 0.1) is 6.92 Å². The van der Waals surface area contributed by atoms with Gasteiger partial charge in [-0.3, -0.25) is 0 Å². The Balaban J connectivity index is 1.79. The van der Waals surface area contributed by atoms with Crippen LogP contribution in [0.15, 0.2) is 11.4 Å². The molecule has 0 radical (unpaired) electrons. The van der Waals surface area contributed by atoms with Gasteiger partial charge in [0.25, 0.3) is 0 Å². The predicted molar refractivity (Wildman–Crippen MR) is 71.0 cm³/mol. The van der Waals surface area contributed by atoms with Gasteiger partial charge in [0, 0.05) is 17.5 Å². The Kier molecular flexibility index (Phi) is 4.38. The highest BCUT2D eigenvalue weighted by molar-refractivity contribution is 7.10. The number of hydrogen-bond donors (Lipinski definition) is 1. The van der Waals surface area contributed by atoms with Crippen LogP contribution in [0.1, 0.15) is 29.7 Å². The normalized spacial score (nSPS) is 23.2. The molecule has 1 fully saturated rings. The Labute approximate surface area is 103 Å². The summed E-state index contributed by atoms with van der Waals surface area (Å²) in [4.78, 5) is 3.94. The molecule has 1 aromatic heterocycles. The second kappa shape index (κ2) is 5.80. The number of hydrogen-bond acceptors (Lipinski definition) is 3. The molecule has 1 unspecified atom stereocenters. The van der Waals surface area contributed by atoms with E-state index in [0.717, 1.165) is 6.54 Å². The largest absolute Gasteiger partial charge is 0.309 e. The van der Waals surface area contributed by atoms with Gasteiger partial charge in [-0.2, -0.15) is 0 Å². The third-order valence-electron chi connectivity index (χ3n) is 3.47. The zero-order valence-electron chi connectivity index (χ0n) is 10.3. The lowest BCUT2D eigenvalue weighted by Gasteiger charge is -2.16. The Morgan fingerprint density at radius 3 is 3.06 bits per heavy atom. The number of rotatable bonds is 3. The smallest absolute Gasteiger partial charge is 0.0304 e. The topological polar surface area (TPSA) is 15.3 Å². The Hall–Kier alpha value is -0.380. The van der Waals surface area contributed by atoms with Crippen LogP contribution in [0.5, 0.6) is 0 Å². The number of nitrogens with zero attached hydrogens (tertiary/aromatic N) is 1. The molecule has 0 saturated carbocycles. The zero-order valence-corrected chi connectivity index (χ0v) is 11.1. The van der Waals surface area contributed by atoms with E-state index < -0.39 is 0 Å². The van der Waals surface area contributed by atoms with Gasteiger partial charge in [-0.1, -0.05) is 0 Å². The first-order chi connectivity index (χ1) is 7.75. The van der Waals surface area contributed by atoms with Crippen LogP contribution in [0.4, 0.5) is 0 Å². The van der Waals surface area contributed by atoms with Crippen molar-refractivity contribution < 1.29 is 0 Å². The van der Waals surface area contributed by atoms with Gasteiger partial charge in [-0.15, -0.1) is 11.3 Å². The maximum atomic E-state index is 3.71. The fourth-order valence-corrected chi connectivity index (χ4v) is 3.12. The first-order valence-corrected chi connectivity index (χ1v) is 7.08. The zero-order chi connectivity index (χ0) is 11.4. The van der Waals surface area contributed by atoms with Crippen molar-refractivity contribution in [3.8, 4) is 0 Å². The summed E-state index contributed by atoms with van der Waals surface area (Å²) in [7, 11) is 2.23. The second-order valence-corrected chi connectivity index (χ2v) is 5.84. The minimum Gasteiger partial charge on any atom is -0.309 e. The third kappa shape index (κ3) is 3.30. The molecule has 16 heavy (non-hydrogen) atoms. The summed E-state index contributed by atoms with van der Waals surface area (Å²) < 4.78 is 0. The molecule has 0 amide bonds. The molecule has 0 aromatic carbocycles. The van der Waals surface area contributed by atoms with Gasteiger partial charge in [-0.25, -0.2) is 0 Å². The molecule has 1 aliphatic rings. The van der Waals surface area contributed by atoms with E-state index in [2.05, 4.69) is 35.6 Å². The van der Waals surface area contributed by atoms with Gasteiger partial charge in [0.15, 0.2) is 0 Å². The van der Waals surface area contributed by atoms with E-state index in [1.54, 1.807) is 0 Å². The summed E-state index contributed by atoms with van der Waals surface area (Å²) in [5, 5.41) is 5.90. The molecule has 2 heterocycles. The molecule has 0 spiro atoms. The molecule has 1 atom stereocenters. The van der Waals surface area contributed by atoms with Gasteiger partial charge >= 0.3 is 0 Å². The van der Waals surface area contributed by atoms with E-state index in [0.29, 0.717) is 6.04 Å². The number of nitrogens with one attached hydrogen (secondary N) is 1. The van der Waals surface area contributed by atoms with Gasteiger partial charge in [0.05, 0.1) is 0 Å². The third-order valence-corrected chi connectivity index (χ3v) is 4.49. The maximum Gasteiger partial charge on any atom is 0.0304 e. The fourth-order valence-electron chi connectivity index (χ4n) is 2.27. The van der Waals surface area contributed by atoms with Crippen molar-refractivity contribution in [1.82, 2.24) is 10.2 Å². The standard InChI is InChI=1S/C13H22N2S/c1-11-6-9-16-13(11)10-14-12-4-3-7-15(2)8-5-12/h6,9,12,14H,3-5,7-8,10H2,1-2H3. The van der Waals surface area contributed by atoms with Crippen LogP contribution < -0.4 is 5.32 Å². The first kappa shape index (κ1) is 12.1. The fraction of sp³-hybridized carbons (Fsp3) is 0.692. The molecule has 1 N–H and O–H groups in total. The molecule has 2 nitrogen and oxygen atoms in total. The van der Waals surface area contributed by atoms with Crippen LogP contribution in [-0.4, -0.2) is 31.1 Å². The molecule has 1 aliphatic heterocycles. The molecular formula is C13H22N2S. The molecule has 2 rings (SSSR count). The summed E-state index contributed by atoms with van der Waals surface area (Å²) in [6.45, 7) is 5.75. The van der Waals surface area contributed by atoms with Crippen LogP contribution in [0.3, 0.4) is 0 Å². The molecule has 1 aromatic rings. The predicted octanol–water partition coefficient (Wildman–Crippen LogP) is 2.63. The minimum absolute atomic E-state index is 0.714. The lowest BCUT2D eigenvalue weighted by atomic mass is 10.1. The van der Waals surface area contributed by atoms with Gasteiger partial charge in [0.2, 0.25) is 0 Å². The number of likely N-dealkylation sites (tertiary alicyclic amines) is 1. The van der Waals surface area contributed by atoms with Crippen molar-refractivity contribution in [2.75, 3.05) is 20.1 Å². The van der Waals surface area contributed by atoms with Crippen LogP contribution in [-0.2, 0) is 6.54 Å². The summed E-state index contributed by atoms with van der Waals surface area (Å²) >= 11 is 1.87. The van der Waals surface area contributed by atoms with Crippen LogP contribution in [0.25, 0.3) is 0 Å². The van der Waals surface area contributed by atoms with Crippen molar-refractivity contribution in [1.29, 1.82) is 0 Å². The minimum atomic E-state index is 0.714. The van der Waals surface area contributed by atoms with Gasteiger partial charge in [0.1, 0.15) is 0 Å². The highest BCUT2D eigenvalue weighted by Gasteiger charge is 2.14. The average Bonchev–Trinajstić information content (AvgIpc) is 2.55. The van der Waals surface area contributed by atoms with Crippen molar-refractivity contribution in [3.63, 3.8) is 0 Å². The van der Waals surface area contributed by atoms with E-state index in [9.17, 15) is 0 Å². The molecule has 0 bridgehead atoms. The van der Waals surface area contributed by atoms with E-state index in [-0.39, 0.29) is 0 Å². The van der Waals surface area contributed by atoms with E-state index >= 15 is 0 Å². The highest BCUT2D eigenvalue weighted by Crippen LogP contribution is 2.16. The number of thiophene rings is 1. The summed E-state index contributed by atoms with van der Waals surface area (Å²) in [6.07, 6.45) is 3.95. The maximum absolute atomic E-state index is 3.71. The summed E-state index contributed by atoms with van der Waals surface area (Å²) in [5.41, 5.74) is 1.43. The molecule has 1 saturated heterocycles. The summed E-state index contributed by atoms with van der Waals surface area (Å²) in [6, 6.07) is 2.93. The Morgan fingerprint density at radius 1 is 1.44 bits per heavy atom. The molecular weight excluding hydrogens is 216 g/mol. The van der Waals surface area contributed by atoms with Crippen LogP contribution in [0.2, 0.25) is 0 Å². The highest BCUT2D eigenvalue weighted by atomic mass is 32.1. The van der Waals surface area contributed by atoms with Crippen molar-refractivity contribution in [2.24, 2.45) is 0 Å². The van der Waals surface area contributed by atoms with Crippen molar-refractivity contribution in [3.05, 3.63) is 21.9 Å². The lowest BCUT2D eigenvalue weighted by Crippen LogP contribution is -2.29. The van der Waals surface area contributed by atoms with Gasteiger partial charge < -0.3 is 10.2 Å². The number of aryl methyl sites for hydroxylation is 1. The van der Waals surface area contributed by atoms with E-state index in [4.69, 9.17) is 0 Å².